The van der Waals surface area contributed by atoms with E-state index in [1.807, 2.05) is 6.92 Å². The number of hydrogen-bond acceptors (Lipinski definition) is 7. The van der Waals surface area contributed by atoms with Crippen LogP contribution >= 0.6 is 11.8 Å². The second-order valence-corrected chi connectivity index (χ2v) is 4.42. The van der Waals surface area contributed by atoms with Crippen LogP contribution in [0.1, 0.15) is 17.0 Å². The average Bonchev–Trinajstić information content (AvgIpc) is 2.74. The van der Waals surface area contributed by atoms with E-state index in [9.17, 15) is 0 Å². The lowest BCUT2D eigenvalue weighted by Gasteiger charge is -2.07. The van der Waals surface area contributed by atoms with Gasteiger partial charge in [0.2, 0.25) is 5.89 Å². The van der Waals surface area contributed by atoms with Gasteiger partial charge in [0.1, 0.15) is 5.03 Å². The van der Waals surface area contributed by atoms with Crippen molar-refractivity contribution in [1.29, 1.82) is 0 Å². The number of nitrogens with two attached hydrogens (primary N) is 1. The molecular formula is C10H11N5O2S. The van der Waals surface area contributed by atoms with E-state index >= 15 is 0 Å². The maximum atomic E-state index is 8.78. The van der Waals surface area contributed by atoms with Crippen LogP contribution in [0.25, 0.3) is 0 Å². The van der Waals surface area contributed by atoms with Crippen LogP contribution in [0.5, 0.6) is 0 Å². The van der Waals surface area contributed by atoms with Gasteiger partial charge < -0.3 is 15.4 Å². The lowest BCUT2D eigenvalue weighted by Crippen LogP contribution is -2.16. The van der Waals surface area contributed by atoms with Crippen molar-refractivity contribution in [3.05, 3.63) is 29.3 Å². The highest BCUT2D eigenvalue weighted by molar-refractivity contribution is 7.99. The summed E-state index contributed by atoms with van der Waals surface area (Å²) in [6.07, 6.45) is 1.63. The second kappa shape index (κ2) is 5.05. The van der Waals surface area contributed by atoms with Gasteiger partial charge in [-0.1, -0.05) is 5.16 Å². The van der Waals surface area contributed by atoms with Crippen molar-refractivity contribution < 1.29 is 9.62 Å². The van der Waals surface area contributed by atoms with E-state index in [1.54, 1.807) is 19.2 Å². The van der Waals surface area contributed by atoms with Gasteiger partial charge in [0.05, 0.1) is 5.56 Å². The number of amidine groups is 1. The number of aryl methyl sites for hydroxylation is 2. The van der Waals surface area contributed by atoms with Crippen LogP contribution in [0.15, 0.2) is 32.1 Å². The maximum Gasteiger partial charge on any atom is 0.282 e. The molecule has 18 heavy (non-hydrogen) atoms. The standard InChI is InChI=1S/C10H11N5O2S/c1-5-3-4-12-9(7(5)8(11)15-16)18-10-14-13-6(2)17-10/h3-4,16H,1-2H3,(H2,11,15). The minimum absolute atomic E-state index is 0.000614. The number of rotatable bonds is 3. The molecule has 2 rings (SSSR count). The van der Waals surface area contributed by atoms with Crippen molar-refractivity contribution >= 4 is 17.6 Å². The van der Waals surface area contributed by atoms with Gasteiger partial charge in [0.15, 0.2) is 5.84 Å². The van der Waals surface area contributed by atoms with Gasteiger partial charge in [-0.05, 0) is 30.3 Å². The molecule has 0 atom stereocenters. The Labute approximate surface area is 107 Å². The van der Waals surface area contributed by atoms with E-state index < -0.39 is 0 Å². The minimum Gasteiger partial charge on any atom is -0.416 e. The molecule has 3 N–H and O–H groups in total. The Hall–Kier alpha value is -2.09. The molecule has 0 unspecified atom stereocenters. The van der Waals surface area contributed by atoms with E-state index in [2.05, 4.69) is 20.3 Å². The monoisotopic (exact) mass is 265 g/mol. The van der Waals surface area contributed by atoms with E-state index in [1.165, 1.54) is 11.8 Å². The second-order valence-electron chi connectivity index (χ2n) is 3.48. The van der Waals surface area contributed by atoms with Gasteiger partial charge in [-0.25, -0.2) is 4.98 Å². The molecule has 2 heterocycles. The zero-order valence-corrected chi connectivity index (χ0v) is 10.6. The third kappa shape index (κ3) is 2.43. The Balaban J connectivity index is 2.41. The Kier molecular flexibility index (Phi) is 3.47. The third-order valence-electron chi connectivity index (χ3n) is 2.18. The number of nitrogens with zero attached hydrogens (tertiary/aromatic N) is 4. The van der Waals surface area contributed by atoms with Crippen LogP contribution < -0.4 is 5.73 Å². The van der Waals surface area contributed by atoms with Gasteiger partial charge in [0, 0.05) is 13.1 Å². The summed E-state index contributed by atoms with van der Waals surface area (Å²) in [7, 11) is 0. The normalized spacial score (nSPS) is 11.8. The summed E-state index contributed by atoms with van der Waals surface area (Å²) in [4.78, 5) is 4.18. The van der Waals surface area contributed by atoms with E-state index in [0.717, 1.165) is 5.56 Å². The lowest BCUT2D eigenvalue weighted by atomic mass is 10.1. The summed E-state index contributed by atoms with van der Waals surface area (Å²) < 4.78 is 5.25. The molecule has 0 aliphatic heterocycles. The van der Waals surface area contributed by atoms with Crippen molar-refractivity contribution in [2.24, 2.45) is 10.9 Å². The quantitative estimate of drug-likeness (QED) is 0.372. The highest BCUT2D eigenvalue weighted by Crippen LogP contribution is 2.28. The summed E-state index contributed by atoms with van der Waals surface area (Å²) in [5.41, 5.74) is 7.04. The summed E-state index contributed by atoms with van der Waals surface area (Å²) >= 11 is 1.17. The van der Waals surface area contributed by atoms with Crippen molar-refractivity contribution in [2.45, 2.75) is 24.1 Å². The molecule has 0 aromatic carbocycles. The lowest BCUT2D eigenvalue weighted by molar-refractivity contribution is 0.318. The molecule has 0 spiro atoms. The Morgan fingerprint density at radius 1 is 1.44 bits per heavy atom. The molecule has 8 heteroatoms. The van der Waals surface area contributed by atoms with E-state index in [-0.39, 0.29) is 5.84 Å². The predicted octanol–water partition coefficient (Wildman–Crippen LogP) is 1.33. The van der Waals surface area contributed by atoms with E-state index in [0.29, 0.717) is 21.7 Å². The average molecular weight is 265 g/mol. The molecule has 7 nitrogen and oxygen atoms in total. The van der Waals surface area contributed by atoms with Crippen LogP contribution in [0.4, 0.5) is 0 Å². The Bertz CT molecular complexity index is 596. The molecule has 2 aromatic heterocycles. The number of oxime groups is 1. The molecule has 0 saturated heterocycles. The number of hydrogen-bond donors (Lipinski definition) is 2. The van der Waals surface area contributed by atoms with Crippen LogP contribution in [0.2, 0.25) is 0 Å². The van der Waals surface area contributed by atoms with Gasteiger partial charge in [-0.2, -0.15) is 0 Å². The molecule has 0 fully saturated rings. The Morgan fingerprint density at radius 3 is 2.83 bits per heavy atom. The predicted molar refractivity (Wildman–Crippen MR) is 64.6 cm³/mol. The van der Waals surface area contributed by atoms with Crippen molar-refractivity contribution in [2.75, 3.05) is 0 Å². The number of pyridine rings is 1. The van der Waals surface area contributed by atoms with Gasteiger partial charge >= 0.3 is 0 Å². The fourth-order valence-electron chi connectivity index (χ4n) is 1.37. The van der Waals surface area contributed by atoms with Crippen molar-refractivity contribution in [1.82, 2.24) is 15.2 Å². The zero-order chi connectivity index (χ0) is 13.1. The van der Waals surface area contributed by atoms with Gasteiger partial charge in [0.25, 0.3) is 5.22 Å². The van der Waals surface area contributed by atoms with E-state index in [4.69, 9.17) is 15.4 Å². The summed E-state index contributed by atoms with van der Waals surface area (Å²) in [5, 5.41) is 20.3. The molecule has 0 radical (unpaired) electrons. The highest BCUT2D eigenvalue weighted by atomic mass is 32.2. The van der Waals surface area contributed by atoms with Crippen LogP contribution in [-0.4, -0.2) is 26.2 Å². The topological polar surface area (TPSA) is 110 Å². The highest BCUT2D eigenvalue weighted by Gasteiger charge is 2.15. The molecule has 2 aromatic rings. The Morgan fingerprint density at radius 2 is 2.22 bits per heavy atom. The molecule has 0 saturated carbocycles. The fraction of sp³-hybridized carbons (Fsp3) is 0.200. The first-order valence-corrected chi connectivity index (χ1v) is 5.85. The van der Waals surface area contributed by atoms with Gasteiger partial charge in [-0.3, -0.25) is 0 Å². The first-order valence-electron chi connectivity index (χ1n) is 5.03. The smallest absolute Gasteiger partial charge is 0.282 e. The van der Waals surface area contributed by atoms with Crippen molar-refractivity contribution in [3.63, 3.8) is 0 Å². The SMILES string of the molecule is Cc1nnc(Sc2nccc(C)c2/C(N)=N/O)o1. The molecule has 94 valence electrons. The molecule has 0 amide bonds. The fourth-order valence-corrected chi connectivity index (χ4v) is 2.27. The van der Waals surface area contributed by atoms with Gasteiger partial charge in [-0.15, -0.1) is 10.2 Å². The minimum atomic E-state index is -0.000614. The molecule has 0 aliphatic carbocycles. The zero-order valence-electron chi connectivity index (χ0n) is 9.78. The first kappa shape index (κ1) is 12.4. The number of aromatic nitrogens is 3. The summed E-state index contributed by atoms with van der Waals surface area (Å²) in [5.74, 6) is 0.467. The van der Waals surface area contributed by atoms with Crippen LogP contribution in [0, 0.1) is 13.8 Å². The third-order valence-corrected chi connectivity index (χ3v) is 3.02. The molecule has 0 aliphatic rings. The first-order chi connectivity index (χ1) is 8.61. The molecule has 0 bridgehead atoms. The largest absolute Gasteiger partial charge is 0.416 e. The van der Waals surface area contributed by atoms with Crippen LogP contribution in [-0.2, 0) is 0 Å². The summed E-state index contributed by atoms with van der Waals surface area (Å²) in [6.45, 7) is 3.55. The van der Waals surface area contributed by atoms with Crippen LogP contribution in [0.3, 0.4) is 0 Å². The maximum absolute atomic E-state index is 8.78. The molecular weight excluding hydrogens is 254 g/mol. The summed E-state index contributed by atoms with van der Waals surface area (Å²) in [6, 6.07) is 1.77. The van der Waals surface area contributed by atoms with Crippen molar-refractivity contribution in [3.8, 4) is 0 Å².